The Balaban J connectivity index is 2.23. The van der Waals surface area contributed by atoms with Gasteiger partial charge in [0.2, 0.25) is 0 Å². The highest BCUT2D eigenvalue weighted by atomic mass is 14.2. The van der Waals surface area contributed by atoms with Crippen molar-refractivity contribution in [2.24, 2.45) is 0 Å². The van der Waals surface area contributed by atoms with Gasteiger partial charge in [-0.25, -0.2) is 0 Å². The molecule has 0 aliphatic heterocycles. The molecule has 0 heteroatoms. The Hall–Kier alpha value is -2.34. The molecule has 0 aliphatic carbocycles. The Morgan fingerprint density at radius 1 is 0.433 bits per heavy atom. The summed E-state index contributed by atoms with van der Waals surface area (Å²) in [6.45, 7) is 13.7. The second kappa shape index (κ2) is 10.1. The van der Waals surface area contributed by atoms with Crippen LogP contribution in [0.1, 0.15) is 74.9 Å². The third-order valence-electron chi connectivity index (χ3n) is 6.50. The number of benzene rings is 3. The Labute approximate surface area is 184 Å². The molecule has 0 radical (unpaired) electrons. The van der Waals surface area contributed by atoms with Crippen LogP contribution in [-0.2, 0) is 38.5 Å². The van der Waals surface area contributed by atoms with E-state index in [2.05, 4.69) is 90.1 Å². The molecule has 3 aromatic carbocycles. The van der Waals surface area contributed by atoms with Gasteiger partial charge in [-0.3, -0.25) is 0 Å². The van der Waals surface area contributed by atoms with E-state index >= 15 is 0 Å². The van der Waals surface area contributed by atoms with Gasteiger partial charge in [-0.2, -0.15) is 0 Å². The molecule has 0 spiro atoms. The predicted molar refractivity (Wildman–Crippen MR) is 134 cm³/mol. The van der Waals surface area contributed by atoms with E-state index in [4.69, 9.17) is 0 Å². The fourth-order valence-electron chi connectivity index (χ4n) is 4.78. The third-order valence-corrected chi connectivity index (χ3v) is 6.50. The molecule has 30 heavy (non-hydrogen) atoms. The molecule has 3 rings (SSSR count). The molecule has 0 fully saturated rings. The summed E-state index contributed by atoms with van der Waals surface area (Å²) in [6, 6.07) is 19.0. The molecule has 0 bridgehead atoms. The van der Waals surface area contributed by atoms with Crippen molar-refractivity contribution < 1.29 is 0 Å². The highest BCUT2D eigenvalue weighted by Gasteiger charge is 2.15. The van der Waals surface area contributed by atoms with Crippen molar-refractivity contribution in [3.8, 4) is 22.3 Å². The maximum Gasteiger partial charge on any atom is -0.0120 e. The van der Waals surface area contributed by atoms with E-state index in [0.29, 0.717) is 0 Å². The third kappa shape index (κ3) is 4.38. The van der Waals surface area contributed by atoms with Gasteiger partial charge in [0.15, 0.2) is 0 Å². The minimum Gasteiger partial charge on any atom is -0.0613 e. The first-order chi connectivity index (χ1) is 14.6. The Morgan fingerprint density at radius 3 is 1.03 bits per heavy atom. The van der Waals surface area contributed by atoms with Crippen LogP contribution in [0.2, 0.25) is 0 Å². The van der Waals surface area contributed by atoms with Crippen LogP contribution in [0.4, 0.5) is 0 Å². The van der Waals surface area contributed by atoms with E-state index in [1.54, 1.807) is 0 Å². The standard InChI is InChI=1S/C30H38/c1-7-21-16-23(9-3)29(24(10-4)17-21)27-14-13-15-28(20-27)30-25(11-5)18-22(8-2)19-26(30)12-6/h13-20H,7-12H2,1-6H3. The van der Waals surface area contributed by atoms with Gasteiger partial charge in [0.05, 0.1) is 0 Å². The average Bonchev–Trinajstić information content (AvgIpc) is 2.81. The summed E-state index contributed by atoms with van der Waals surface area (Å²) >= 11 is 0. The molecular weight excluding hydrogens is 360 g/mol. The van der Waals surface area contributed by atoms with Crippen molar-refractivity contribution in [2.75, 3.05) is 0 Å². The lowest BCUT2D eigenvalue weighted by molar-refractivity contribution is 1.04. The second-order valence-electron chi connectivity index (χ2n) is 8.28. The quantitative estimate of drug-likeness (QED) is 0.357. The molecular formula is C30H38. The summed E-state index contributed by atoms with van der Waals surface area (Å²) in [7, 11) is 0. The number of aryl methyl sites for hydroxylation is 6. The smallest absolute Gasteiger partial charge is 0.0120 e. The van der Waals surface area contributed by atoms with Crippen molar-refractivity contribution in [3.05, 3.63) is 81.9 Å². The first-order valence-electron chi connectivity index (χ1n) is 12.0. The van der Waals surface area contributed by atoms with Gasteiger partial charge in [-0.1, -0.05) is 84.0 Å². The van der Waals surface area contributed by atoms with E-state index in [1.807, 2.05) is 0 Å². The fraction of sp³-hybridized carbons (Fsp3) is 0.400. The molecule has 0 atom stereocenters. The Bertz CT molecular complexity index is 878. The van der Waals surface area contributed by atoms with Gasteiger partial charge in [-0.15, -0.1) is 0 Å². The van der Waals surface area contributed by atoms with E-state index in [1.165, 1.54) is 55.6 Å². The van der Waals surface area contributed by atoms with Crippen molar-refractivity contribution in [1.82, 2.24) is 0 Å². The molecule has 0 heterocycles. The highest BCUT2D eigenvalue weighted by molar-refractivity contribution is 5.80. The summed E-state index contributed by atoms with van der Waals surface area (Å²) in [6.07, 6.45) is 6.50. The Kier molecular flexibility index (Phi) is 7.53. The van der Waals surface area contributed by atoms with E-state index in [9.17, 15) is 0 Å². The topological polar surface area (TPSA) is 0 Å². The van der Waals surface area contributed by atoms with Crippen molar-refractivity contribution >= 4 is 0 Å². The maximum absolute atomic E-state index is 2.44. The lowest BCUT2D eigenvalue weighted by Crippen LogP contribution is -2.00. The number of hydrogen-bond acceptors (Lipinski definition) is 0. The second-order valence-corrected chi connectivity index (χ2v) is 8.28. The summed E-state index contributed by atoms with van der Waals surface area (Å²) in [5, 5.41) is 0. The van der Waals surface area contributed by atoms with Crippen LogP contribution in [0.25, 0.3) is 22.3 Å². The van der Waals surface area contributed by atoms with Gasteiger partial charge in [0, 0.05) is 0 Å². The first kappa shape index (κ1) is 22.3. The lowest BCUT2D eigenvalue weighted by atomic mass is 9.85. The minimum atomic E-state index is 1.08. The summed E-state index contributed by atoms with van der Waals surface area (Å²) in [4.78, 5) is 0. The molecule has 0 unspecified atom stereocenters. The van der Waals surface area contributed by atoms with Crippen LogP contribution in [0, 0.1) is 0 Å². The van der Waals surface area contributed by atoms with Gasteiger partial charge in [0.25, 0.3) is 0 Å². The monoisotopic (exact) mass is 398 g/mol. The lowest BCUT2D eigenvalue weighted by Gasteiger charge is -2.19. The highest BCUT2D eigenvalue weighted by Crippen LogP contribution is 2.36. The molecule has 0 aromatic heterocycles. The number of rotatable bonds is 8. The molecule has 0 saturated heterocycles. The summed E-state index contributed by atoms with van der Waals surface area (Å²) in [5.74, 6) is 0. The molecule has 0 N–H and O–H groups in total. The summed E-state index contributed by atoms with van der Waals surface area (Å²) < 4.78 is 0. The zero-order chi connectivity index (χ0) is 21.7. The van der Waals surface area contributed by atoms with Gasteiger partial charge >= 0.3 is 0 Å². The summed E-state index contributed by atoms with van der Waals surface area (Å²) in [5.41, 5.74) is 14.5. The largest absolute Gasteiger partial charge is 0.0613 e. The molecule has 0 saturated carbocycles. The minimum absolute atomic E-state index is 1.08. The van der Waals surface area contributed by atoms with Crippen LogP contribution >= 0.6 is 0 Å². The SMILES string of the molecule is CCc1cc(CC)c(-c2cccc(-c3c(CC)cc(CC)cc3CC)c2)c(CC)c1. The van der Waals surface area contributed by atoms with Crippen LogP contribution in [0.3, 0.4) is 0 Å². The van der Waals surface area contributed by atoms with E-state index in [-0.39, 0.29) is 0 Å². The van der Waals surface area contributed by atoms with Crippen molar-refractivity contribution in [3.63, 3.8) is 0 Å². The van der Waals surface area contributed by atoms with Crippen LogP contribution < -0.4 is 0 Å². The molecule has 0 aliphatic rings. The zero-order valence-electron chi connectivity index (χ0n) is 19.9. The van der Waals surface area contributed by atoms with Gasteiger partial charge in [0.1, 0.15) is 0 Å². The van der Waals surface area contributed by atoms with Crippen LogP contribution in [-0.4, -0.2) is 0 Å². The zero-order valence-corrected chi connectivity index (χ0v) is 19.9. The predicted octanol–water partition coefficient (Wildman–Crippen LogP) is 8.40. The Morgan fingerprint density at radius 2 is 0.767 bits per heavy atom. The normalized spacial score (nSPS) is 11.1. The van der Waals surface area contributed by atoms with Gasteiger partial charge in [-0.05, 0) is 100 Å². The van der Waals surface area contributed by atoms with E-state index < -0.39 is 0 Å². The average molecular weight is 399 g/mol. The molecule has 158 valence electrons. The van der Waals surface area contributed by atoms with Crippen molar-refractivity contribution in [2.45, 2.75) is 80.1 Å². The van der Waals surface area contributed by atoms with E-state index in [0.717, 1.165) is 38.5 Å². The van der Waals surface area contributed by atoms with Gasteiger partial charge < -0.3 is 0 Å². The fourth-order valence-corrected chi connectivity index (χ4v) is 4.78. The van der Waals surface area contributed by atoms with Crippen LogP contribution in [0.15, 0.2) is 48.5 Å². The molecule has 0 amide bonds. The maximum atomic E-state index is 2.44. The molecule has 3 aromatic rings. The van der Waals surface area contributed by atoms with Crippen molar-refractivity contribution in [1.29, 1.82) is 0 Å². The van der Waals surface area contributed by atoms with Crippen LogP contribution in [0.5, 0.6) is 0 Å². The number of hydrogen-bond donors (Lipinski definition) is 0. The first-order valence-corrected chi connectivity index (χ1v) is 12.0. The molecule has 0 nitrogen and oxygen atoms in total.